The molecule has 2 heteroatoms. The average molecular weight is 144 g/mol. The molecule has 0 aromatic carbocycles. The zero-order valence-electron chi connectivity index (χ0n) is 5.13. The van der Waals surface area contributed by atoms with Gasteiger partial charge in [-0.25, -0.2) is 0 Å². The van der Waals surface area contributed by atoms with Gasteiger partial charge in [-0.05, 0) is 0 Å². The molecule has 50 valence electrons. The monoisotopic (exact) mass is 143 g/mol. The normalized spacial score (nSPS) is 33.1. The van der Waals surface area contributed by atoms with Gasteiger partial charge in [-0.2, -0.15) is 0 Å². The first-order valence-corrected chi connectivity index (χ1v) is 3.47. The van der Waals surface area contributed by atoms with Crippen molar-refractivity contribution in [2.75, 3.05) is 6.54 Å². The van der Waals surface area contributed by atoms with Crippen LogP contribution in [0.3, 0.4) is 0 Å². The number of hydrogen-bond acceptors (Lipinski definition) is 1. The summed E-state index contributed by atoms with van der Waals surface area (Å²) < 4.78 is 0. The molecule has 2 atom stereocenters. The summed E-state index contributed by atoms with van der Waals surface area (Å²) in [5.41, 5.74) is 5.42. The van der Waals surface area contributed by atoms with E-state index in [2.05, 4.69) is 0 Å². The van der Waals surface area contributed by atoms with Crippen LogP contribution in [0.15, 0.2) is 24.3 Å². The Labute approximate surface area is 60.2 Å². The van der Waals surface area contributed by atoms with E-state index in [0.717, 1.165) is 0 Å². The van der Waals surface area contributed by atoms with Crippen molar-refractivity contribution in [1.29, 1.82) is 0 Å². The lowest BCUT2D eigenvalue weighted by Crippen LogP contribution is -2.21. The summed E-state index contributed by atoms with van der Waals surface area (Å²) in [6.07, 6.45) is 7.93. The van der Waals surface area contributed by atoms with E-state index in [1.165, 1.54) is 0 Å². The van der Waals surface area contributed by atoms with Crippen LogP contribution in [0.1, 0.15) is 0 Å². The topological polar surface area (TPSA) is 26.0 Å². The molecule has 1 aliphatic rings. The number of alkyl halides is 1. The molecular formula is C7H10ClN. The smallest absolute Gasteiger partial charge is 0.0593 e. The van der Waals surface area contributed by atoms with Crippen molar-refractivity contribution in [1.82, 2.24) is 0 Å². The Kier molecular flexibility index (Phi) is 2.31. The molecule has 1 rings (SSSR count). The minimum absolute atomic E-state index is 0.0972. The second kappa shape index (κ2) is 3.04. The summed E-state index contributed by atoms with van der Waals surface area (Å²) in [4.78, 5) is 0. The highest BCUT2D eigenvalue weighted by Crippen LogP contribution is 2.16. The second-order valence-corrected chi connectivity index (χ2v) is 2.62. The first-order valence-electron chi connectivity index (χ1n) is 3.03. The molecule has 1 unspecified atom stereocenters. The number of rotatable bonds is 1. The van der Waals surface area contributed by atoms with E-state index < -0.39 is 0 Å². The van der Waals surface area contributed by atoms with Crippen LogP contribution in [0.4, 0.5) is 0 Å². The first kappa shape index (κ1) is 6.84. The van der Waals surface area contributed by atoms with E-state index >= 15 is 0 Å². The van der Waals surface area contributed by atoms with Gasteiger partial charge >= 0.3 is 0 Å². The molecule has 0 heterocycles. The SMILES string of the molecule is NC[C@H]1C=CC=CC1Cl. The molecule has 9 heavy (non-hydrogen) atoms. The number of allylic oxidation sites excluding steroid dienone is 3. The number of hydrogen-bond donors (Lipinski definition) is 1. The van der Waals surface area contributed by atoms with E-state index in [4.69, 9.17) is 17.3 Å². The van der Waals surface area contributed by atoms with Gasteiger partial charge in [-0.1, -0.05) is 24.3 Å². The van der Waals surface area contributed by atoms with Gasteiger partial charge in [0.15, 0.2) is 0 Å². The Bertz CT molecular complexity index is 140. The molecule has 0 saturated heterocycles. The summed E-state index contributed by atoms with van der Waals surface area (Å²) in [6, 6.07) is 0. The van der Waals surface area contributed by atoms with E-state index in [1.54, 1.807) is 0 Å². The van der Waals surface area contributed by atoms with Crippen molar-refractivity contribution < 1.29 is 0 Å². The minimum atomic E-state index is 0.0972. The lowest BCUT2D eigenvalue weighted by molar-refractivity contribution is 0.676. The molecule has 0 aliphatic heterocycles. The highest BCUT2D eigenvalue weighted by Gasteiger charge is 2.12. The van der Waals surface area contributed by atoms with Gasteiger partial charge in [0.05, 0.1) is 5.38 Å². The molecule has 0 fully saturated rings. The molecule has 0 saturated carbocycles. The van der Waals surface area contributed by atoms with Gasteiger partial charge in [-0.15, -0.1) is 11.6 Å². The van der Waals surface area contributed by atoms with E-state index in [-0.39, 0.29) is 5.38 Å². The lowest BCUT2D eigenvalue weighted by atomic mass is 10.0. The van der Waals surface area contributed by atoms with E-state index in [1.807, 2.05) is 24.3 Å². The third-order valence-corrected chi connectivity index (χ3v) is 1.91. The van der Waals surface area contributed by atoms with Crippen LogP contribution in [0.2, 0.25) is 0 Å². The van der Waals surface area contributed by atoms with Crippen LogP contribution in [-0.4, -0.2) is 11.9 Å². The molecule has 0 aromatic heterocycles. The molecule has 0 bridgehead atoms. The molecule has 0 spiro atoms. The maximum atomic E-state index is 5.86. The summed E-state index contributed by atoms with van der Waals surface area (Å²) in [6.45, 7) is 0.634. The van der Waals surface area contributed by atoms with Crippen LogP contribution in [-0.2, 0) is 0 Å². The maximum absolute atomic E-state index is 5.86. The van der Waals surface area contributed by atoms with Crippen molar-refractivity contribution in [2.45, 2.75) is 5.38 Å². The van der Waals surface area contributed by atoms with Crippen molar-refractivity contribution in [2.24, 2.45) is 11.7 Å². The third kappa shape index (κ3) is 1.57. The Balaban J connectivity index is 2.55. The average Bonchev–Trinajstić information content (AvgIpc) is 1.89. The van der Waals surface area contributed by atoms with Crippen molar-refractivity contribution >= 4 is 11.6 Å². The number of halogens is 1. The van der Waals surface area contributed by atoms with Crippen LogP contribution >= 0.6 is 11.6 Å². The van der Waals surface area contributed by atoms with Crippen LogP contribution < -0.4 is 5.73 Å². The van der Waals surface area contributed by atoms with Crippen LogP contribution in [0.25, 0.3) is 0 Å². The summed E-state index contributed by atoms with van der Waals surface area (Å²) >= 11 is 5.86. The highest BCUT2D eigenvalue weighted by molar-refractivity contribution is 6.22. The Morgan fingerprint density at radius 1 is 1.33 bits per heavy atom. The fourth-order valence-electron chi connectivity index (χ4n) is 0.835. The van der Waals surface area contributed by atoms with Gasteiger partial charge in [0.25, 0.3) is 0 Å². The summed E-state index contributed by atoms with van der Waals surface area (Å²) in [5, 5.41) is 0.0972. The molecule has 0 amide bonds. The predicted octanol–water partition coefficient (Wildman–Crippen LogP) is 1.29. The molecule has 0 radical (unpaired) electrons. The lowest BCUT2D eigenvalue weighted by Gasteiger charge is -2.15. The second-order valence-electron chi connectivity index (χ2n) is 2.11. The van der Waals surface area contributed by atoms with E-state index in [0.29, 0.717) is 12.5 Å². The minimum Gasteiger partial charge on any atom is -0.330 e. The fraction of sp³-hybridized carbons (Fsp3) is 0.429. The van der Waals surface area contributed by atoms with Gasteiger partial charge in [0, 0.05) is 12.5 Å². The van der Waals surface area contributed by atoms with Gasteiger partial charge < -0.3 is 5.73 Å². The number of nitrogens with two attached hydrogens (primary N) is 1. The zero-order chi connectivity index (χ0) is 6.69. The summed E-state index contributed by atoms with van der Waals surface area (Å²) in [5.74, 6) is 0.330. The van der Waals surface area contributed by atoms with Crippen molar-refractivity contribution in [3.8, 4) is 0 Å². The first-order chi connectivity index (χ1) is 4.34. The molecule has 0 aromatic rings. The fourth-order valence-corrected chi connectivity index (χ4v) is 1.11. The van der Waals surface area contributed by atoms with Crippen LogP contribution in [0, 0.1) is 5.92 Å². The highest BCUT2D eigenvalue weighted by atomic mass is 35.5. The van der Waals surface area contributed by atoms with Crippen molar-refractivity contribution in [3.63, 3.8) is 0 Å². The Morgan fingerprint density at radius 3 is 2.44 bits per heavy atom. The standard InChI is InChI=1S/C7H10ClN/c8-7-4-2-1-3-6(7)5-9/h1-4,6-7H,5,9H2/t6-,7?/m1/s1. The zero-order valence-corrected chi connectivity index (χ0v) is 5.88. The predicted molar refractivity (Wildman–Crippen MR) is 40.5 cm³/mol. The maximum Gasteiger partial charge on any atom is 0.0593 e. The Hall–Kier alpha value is -0.270. The van der Waals surface area contributed by atoms with E-state index in [9.17, 15) is 0 Å². The van der Waals surface area contributed by atoms with Crippen molar-refractivity contribution in [3.05, 3.63) is 24.3 Å². The summed E-state index contributed by atoms with van der Waals surface area (Å²) in [7, 11) is 0. The largest absolute Gasteiger partial charge is 0.330 e. The molecular weight excluding hydrogens is 134 g/mol. The molecule has 1 nitrogen and oxygen atoms in total. The van der Waals surface area contributed by atoms with Crippen LogP contribution in [0.5, 0.6) is 0 Å². The molecule has 1 aliphatic carbocycles. The molecule has 2 N–H and O–H groups in total. The Morgan fingerprint density at radius 2 is 2.00 bits per heavy atom. The quantitative estimate of drug-likeness (QED) is 0.551. The van der Waals surface area contributed by atoms with Gasteiger partial charge in [-0.3, -0.25) is 0 Å². The van der Waals surface area contributed by atoms with Gasteiger partial charge in [0.1, 0.15) is 0 Å². The van der Waals surface area contributed by atoms with Gasteiger partial charge in [0.2, 0.25) is 0 Å². The third-order valence-electron chi connectivity index (χ3n) is 1.45.